The van der Waals surface area contributed by atoms with Crippen molar-refractivity contribution in [3.05, 3.63) is 22.0 Å². The molecule has 1 unspecified atom stereocenters. The van der Waals surface area contributed by atoms with Gasteiger partial charge in [-0.25, -0.2) is 4.79 Å². The molecular formula is C15H25ClN4O2. The van der Waals surface area contributed by atoms with E-state index in [1.54, 1.807) is 0 Å². The molecule has 6 nitrogen and oxygen atoms in total. The Morgan fingerprint density at radius 2 is 1.86 bits per heavy atom. The second kappa shape index (κ2) is 6.79. The molecule has 0 aromatic carbocycles. The van der Waals surface area contributed by atoms with Crippen LogP contribution in [0.1, 0.15) is 44.5 Å². The number of hydrogen-bond donors (Lipinski definition) is 2. The second-order valence-electron chi connectivity index (χ2n) is 6.70. The number of carbonyl (C=O) groups is 1. The molecule has 0 radical (unpaired) electrons. The number of ether oxygens (including phenoxy) is 1. The van der Waals surface area contributed by atoms with Gasteiger partial charge in [-0.05, 0) is 40.2 Å². The Bertz CT molecular complexity index is 557. The van der Waals surface area contributed by atoms with Crippen LogP contribution in [0.25, 0.3) is 0 Å². The minimum Gasteiger partial charge on any atom is -0.444 e. The summed E-state index contributed by atoms with van der Waals surface area (Å²) in [6, 6.07) is 0. The number of carbonyl (C=O) groups excluding carboxylic acids is 1. The van der Waals surface area contributed by atoms with E-state index in [0.29, 0.717) is 18.2 Å². The monoisotopic (exact) mass is 328 g/mol. The maximum absolute atomic E-state index is 11.9. The molecule has 1 rings (SSSR count). The van der Waals surface area contributed by atoms with Crippen molar-refractivity contribution < 1.29 is 9.53 Å². The van der Waals surface area contributed by atoms with Crippen molar-refractivity contribution >= 4 is 17.7 Å². The van der Waals surface area contributed by atoms with Crippen LogP contribution < -0.4 is 11.1 Å². The van der Waals surface area contributed by atoms with Gasteiger partial charge in [-0.1, -0.05) is 18.5 Å². The van der Waals surface area contributed by atoms with Gasteiger partial charge in [0.2, 0.25) is 0 Å². The molecule has 22 heavy (non-hydrogen) atoms. The lowest BCUT2D eigenvalue weighted by Gasteiger charge is -2.31. The maximum Gasteiger partial charge on any atom is 0.407 e. The number of nitrogens with zero attached hydrogens (tertiary/aromatic N) is 2. The van der Waals surface area contributed by atoms with Crippen LogP contribution in [0.4, 0.5) is 4.79 Å². The molecule has 0 fully saturated rings. The zero-order valence-corrected chi connectivity index (χ0v) is 14.8. The van der Waals surface area contributed by atoms with E-state index in [4.69, 9.17) is 22.1 Å². The van der Waals surface area contributed by atoms with E-state index in [2.05, 4.69) is 15.5 Å². The Hall–Kier alpha value is -1.40. The predicted molar refractivity (Wildman–Crippen MR) is 87.2 cm³/mol. The first-order chi connectivity index (χ1) is 10.00. The highest BCUT2D eigenvalue weighted by Crippen LogP contribution is 2.31. The highest BCUT2D eigenvalue weighted by Gasteiger charge is 2.32. The summed E-state index contributed by atoms with van der Waals surface area (Å²) >= 11 is 6.21. The molecule has 124 valence electrons. The number of alkyl carbamates (subject to hydrolysis) is 1. The van der Waals surface area contributed by atoms with E-state index in [1.807, 2.05) is 41.5 Å². The van der Waals surface area contributed by atoms with Gasteiger partial charge in [0.1, 0.15) is 5.60 Å². The summed E-state index contributed by atoms with van der Waals surface area (Å²) in [5.41, 5.74) is 7.36. The molecule has 3 N–H and O–H groups in total. The van der Waals surface area contributed by atoms with Crippen molar-refractivity contribution in [1.29, 1.82) is 0 Å². The van der Waals surface area contributed by atoms with Gasteiger partial charge in [-0.2, -0.15) is 5.10 Å². The summed E-state index contributed by atoms with van der Waals surface area (Å²) in [7, 11) is 0. The molecule has 0 saturated carbocycles. The van der Waals surface area contributed by atoms with Crippen LogP contribution in [-0.2, 0) is 10.2 Å². The van der Waals surface area contributed by atoms with E-state index >= 15 is 0 Å². The van der Waals surface area contributed by atoms with Crippen LogP contribution in [0.15, 0.2) is 0 Å². The van der Waals surface area contributed by atoms with Gasteiger partial charge in [0.15, 0.2) is 5.15 Å². The highest BCUT2D eigenvalue weighted by atomic mass is 35.5. The van der Waals surface area contributed by atoms with Gasteiger partial charge >= 0.3 is 6.09 Å². The first kappa shape index (κ1) is 18.6. The Morgan fingerprint density at radius 3 is 2.36 bits per heavy atom. The van der Waals surface area contributed by atoms with E-state index in [9.17, 15) is 4.79 Å². The minimum atomic E-state index is -0.557. The maximum atomic E-state index is 11.9. The topological polar surface area (TPSA) is 90.1 Å². The number of aromatic nitrogens is 2. The summed E-state index contributed by atoms with van der Waals surface area (Å²) in [6.07, 6.45) is -0.486. The standard InChI is InChI=1S/C15H25ClN4O2/c1-9-10(2)19-20-12(16)11(9)15(6,7-17)8-18-13(21)22-14(3,4)5/h7-8,17H2,1-6H3,(H,18,21). The van der Waals surface area contributed by atoms with Crippen LogP contribution in [0.2, 0.25) is 5.15 Å². The second-order valence-corrected chi connectivity index (χ2v) is 7.05. The lowest BCUT2D eigenvalue weighted by molar-refractivity contribution is 0.0516. The Kier molecular flexibility index (Phi) is 5.76. The van der Waals surface area contributed by atoms with Crippen molar-refractivity contribution in [3.8, 4) is 0 Å². The van der Waals surface area contributed by atoms with Crippen molar-refractivity contribution in [1.82, 2.24) is 15.5 Å². The number of amides is 1. The average Bonchev–Trinajstić information content (AvgIpc) is 2.39. The average molecular weight is 329 g/mol. The first-order valence-electron chi connectivity index (χ1n) is 7.17. The molecule has 0 saturated heterocycles. The number of nitrogens with one attached hydrogen (secondary N) is 1. The van der Waals surface area contributed by atoms with E-state index in [1.165, 1.54) is 0 Å². The first-order valence-corrected chi connectivity index (χ1v) is 7.55. The van der Waals surface area contributed by atoms with Crippen LogP contribution in [0, 0.1) is 13.8 Å². The van der Waals surface area contributed by atoms with Gasteiger partial charge in [-0.15, -0.1) is 5.10 Å². The number of rotatable bonds is 4. The Balaban J connectivity index is 2.99. The zero-order chi connectivity index (χ0) is 17.1. The third kappa shape index (κ3) is 4.55. The molecule has 0 aliphatic rings. The smallest absolute Gasteiger partial charge is 0.407 e. The molecule has 1 heterocycles. The van der Waals surface area contributed by atoms with Crippen molar-refractivity contribution in [2.75, 3.05) is 13.1 Å². The molecule has 0 spiro atoms. The van der Waals surface area contributed by atoms with Gasteiger partial charge in [0.05, 0.1) is 5.69 Å². The Morgan fingerprint density at radius 1 is 1.27 bits per heavy atom. The van der Waals surface area contributed by atoms with Crippen LogP contribution in [0.5, 0.6) is 0 Å². The third-order valence-corrected chi connectivity index (χ3v) is 3.75. The molecule has 1 aromatic rings. The van der Waals surface area contributed by atoms with Gasteiger partial charge < -0.3 is 15.8 Å². The van der Waals surface area contributed by atoms with Gasteiger partial charge in [0, 0.05) is 24.1 Å². The van der Waals surface area contributed by atoms with Crippen molar-refractivity contribution in [3.63, 3.8) is 0 Å². The number of hydrogen-bond acceptors (Lipinski definition) is 5. The fourth-order valence-electron chi connectivity index (χ4n) is 2.13. The van der Waals surface area contributed by atoms with E-state index in [-0.39, 0.29) is 0 Å². The number of halogens is 1. The molecule has 1 amide bonds. The highest BCUT2D eigenvalue weighted by molar-refractivity contribution is 6.30. The molecule has 1 atom stereocenters. The SMILES string of the molecule is Cc1nnc(Cl)c(C(C)(CN)CNC(=O)OC(C)(C)C)c1C. The molecule has 7 heteroatoms. The summed E-state index contributed by atoms with van der Waals surface area (Å²) in [5.74, 6) is 0. The van der Waals surface area contributed by atoms with Gasteiger partial charge in [0.25, 0.3) is 0 Å². The van der Waals surface area contributed by atoms with E-state index < -0.39 is 17.1 Å². The zero-order valence-electron chi connectivity index (χ0n) is 14.1. The normalized spacial score (nSPS) is 14.4. The molecule has 0 bridgehead atoms. The molecule has 0 aliphatic heterocycles. The third-order valence-electron chi connectivity index (χ3n) is 3.49. The van der Waals surface area contributed by atoms with Crippen LogP contribution in [0.3, 0.4) is 0 Å². The fourth-order valence-corrected chi connectivity index (χ4v) is 2.53. The fraction of sp³-hybridized carbons (Fsp3) is 0.667. The summed E-state index contributed by atoms with van der Waals surface area (Å²) < 4.78 is 5.25. The summed E-state index contributed by atoms with van der Waals surface area (Å²) in [4.78, 5) is 11.9. The number of aryl methyl sites for hydroxylation is 1. The summed E-state index contributed by atoms with van der Waals surface area (Å²) in [5, 5.41) is 11.0. The van der Waals surface area contributed by atoms with Crippen molar-refractivity contribution in [2.24, 2.45) is 5.73 Å². The Labute approximate surface area is 136 Å². The number of nitrogens with two attached hydrogens (primary N) is 1. The lowest BCUT2D eigenvalue weighted by atomic mass is 9.80. The van der Waals surface area contributed by atoms with E-state index in [0.717, 1.165) is 16.8 Å². The van der Waals surface area contributed by atoms with Crippen LogP contribution >= 0.6 is 11.6 Å². The lowest BCUT2D eigenvalue weighted by Crippen LogP contribution is -2.46. The molecule has 1 aromatic heterocycles. The molecule has 0 aliphatic carbocycles. The van der Waals surface area contributed by atoms with Crippen LogP contribution in [-0.4, -0.2) is 35.0 Å². The minimum absolute atomic E-state index is 0.296. The largest absolute Gasteiger partial charge is 0.444 e. The predicted octanol–water partition coefficient (Wildman–Crippen LogP) is 2.49. The summed E-state index contributed by atoms with van der Waals surface area (Å²) in [6.45, 7) is 11.7. The molecular weight excluding hydrogens is 304 g/mol. The van der Waals surface area contributed by atoms with Gasteiger partial charge in [-0.3, -0.25) is 0 Å². The van der Waals surface area contributed by atoms with Crippen molar-refractivity contribution in [2.45, 2.75) is 52.6 Å². The quantitative estimate of drug-likeness (QED) is 0.886.